The first-order valence-corrected chi connectivity index (χ1v) is 10.5. The fourth-order valence-electron chi connectivity index (χ4n) is 2.43. The maximum atomic E-state index is 12.4. The van der Waals surface area contributed by atoms with Crippen LogP contribution < -0.4 is 4.18 Å². The molecule has 0 atom stereocenters. The Kier molecular flexibility index (Phi) is 6.08. The van der Waals surface area contributed by atoms with Gasteiger partial charge in [0.05, 0.1) is 15.7 Å². The van der Waals surface area contributed by atoms with Gasteiger partial charge in [-0.05, 0) is 66.9 Å². The highest BCUT2D eigenvalue weighted by molar-refractivity contribution is 7.87. The van der Waals surface area contributed by atoms with Gasteiger partial charge in [0.15, 0.2) is 5.75 Å². The molecule has 0 aliphatic carbocycles. The number of benzene rings is 3. The summed E-state index contributed by atoms with van der Waals surface area (Å²) in [6, 6.07) is 16.8. The average Bonchev–Trinajstić information content (AvgIpc) is 2.66. The molecule has 3 rings (SSSR count). The molecular formula is C21H17Cl2NO3S. The Morgan fingerprint density at radius 3 is 2.14 bits per heavy atom. The van der Waals surface area contributed by atoms with Crippen LogP contribution in [0.5, 0.6) is 5.75 Å². The summed E-state index contributed by atoms with van der Waals surface area (Å²) in [6.07, 6.45) is 1.61. The predicted octanol–water partition coefficient (Wildman–Crippen LogP) is 6.13. The smallest absolute Gasteiger partial charge is 0.339 e. The molecule has 0 heterocycles. The molecular weight excluding hydrogens is 417 g/mol. The Balaban J connectivity index is 1.87. The van der Waals surface area contributed by atoms with E-state index in [-0.39, 0.29) is 20.7 Å². The summed E-state index contributed by atoms with van der Waals surface area (Å²) in [4.78, 5) is 4.43. The third-order valence-corrected chi connectivity index (χ3v) is 5.90. The molecule has 0 amide bonds. The third-order valence-electron chi connectivity index (χ3n) is 4.10. The van der Waals surface area contributed by atoms with E-state index in [0.29, 0.717) is 5.56 Å². The molecule has 28 heavy (non-hydrogen) atoms. The molecule has 0 aliphatic heterocycles. The first-order chi connectivity index (χ1) is 13.3. The SMILES string of the molecule is Cc1ccc(N=Cc2cc(Cl)c(OS(=O)(=O)c3ccccc3)c(Cl)c2)cc1C. The lowest BCUT2D eigenvalue weighted by atomic mass is 10.1. The van der Waals surface area contributed by atoms with Crippen LogP contribution in [0, 0.1) is 13.8 Å². The van der Waals surface area contributed by atoms with E-state index in [1.807, 2.05) is 32.0 Å². The van der Waals surface area contributed by atoms with E-state index >= 15 is 0 Å². The van der Waals surface area contributed by atoms with Crippen molar-refractivity contribution >= 4 is 45.2 Å². The van der Waals surface area contributed by atoms with Gasteiger partial charge in [-0.1, -0.05) is 47.5 Å². The predicted molar refractivity (Wildman–Crippen MR) is 114 cm³/mol. The van der Waals surface area contributed by atoms with E-state index in [9.17, 15) is 8.42 Å². The highest BCUT2D eigenvalue weighted by Crippen LogP contribution is 2.36. The van der Waals surface area contributed by atoms with Crippen LogP contribution in [0.2, 0.25) is 10.0 Å². The van der Waals surface area contributed by atoms with Crippen LogP contribution in [0.4, 0.5) is 5.69 Å². The van der Waals surface area contributed by atoms with E-state index in [4.69, 9.17) is 27.4 Å². The largest absolute Gasteiger partial charge is 0.376 e. The van der Waals surface area contributed by atoms with E-state index < -0.39 is 10.1 Å². The van der Waals surface area contributed by atoms with Crippen molar-refractivity contribution < 1.29 is 12.6 Å². The van der Waals surface area contributed by atoms with Crippen LogP contribution >= 0.6 is 23.2 Å². The Hall–Kier alpha value is -2.34. The monoisotopic (exact) mass is 433 g/mol. The fraction of sp³-hybridized carbons (Fsp3) is 0.0952. The molecule has 0 aromatic heterocycles. The Morgan fingerprint density at radius 1 is 0.893 bits per heavy atom. The maximum Gasteiger partial charge on any atom is 0.339 e. The highest BCUT2D eigenvalue weighted by Gasteiger charge is 2.20. The Morgan fingerprint density at radius 2 is 1.54 bits per heavy atom. The standard InChI is InChI=1S/C21H17Cl2NO3S/c1-14-8-9-17(10-15(14)2)24-13-16-11-19(22)21(20(23)12-16)27-28(25,26)18-6-4-3-5-7-18/h3-13H,1-2H3. The molecule has 3 aromatic rings. The summed E-state index contributed by atoms with van der Waals surface area (Å²) in [5.74, 6) is -0.115. The first-order valence-electron chi connectivity index (χ1n) is 8.36. The zero-order valence-corrected chi connectivity index (χ0v) is 17.5. The van der Waals surface area contributed by atoms with E-state index in [1.54, 1.807) is 36.5 Å². The molecule has 0 radical (unpaired) electrons. The van der Waals surface area contributed by atoms with Crippen LogP contribution in [0.1, 0.15) is 16.7 Å². The van der Waals surface area contributed by atoms with Gasteiger partial charge < -0.3 is 4.18 Å². The second-order valence-electron chi connectivity index (χ2n) is 6.19. The molecule has 0 spiro atoms. The summed E-state index contributed by atoms with van der Waals surface area (Å²) >= 11 is 12.4. The van der Waals surface area contributed by atoms with Crippen molar-refractivity contribution in [2.75, 3.05) is 0 Å². The lowest BCUT2D eigenvalue weighted by Crippen LogP contribution is -2.10. The van der Waals surface area contributed by atoms with Crippen molar-refractivity contribution in [1.82, 2.24) is 0 Å². The lowest BCUT2D eigenvalue weighted by molar-refractivity contribution is 0.486. The van der Waals surface area contributed by atoms with Crippen LogP contribution in [-0.4, -0.2) is 14.6 Å². The number of rotatable bonds is 5. The van der Waals surface area contributed by atoms with Crippen molar-refractivity contribution in [1.29, 1.82) is 0 Å². The first kappa shape index (κ1) is 20.4. The third kappa shape index (κ3) is 4.73. The van der Waals surface area contributed by atoms with Crippen LogP contribution in [-0.2, 0) is 10.1 Å². The highest BCUT2D eigenvalue weighted by atomic mass is 35.5. The zero-order valence-electron chi connectivity index (χ0n) is 15.2. The molecule has 0 bridgehead atoms. The number of hydrogen-bond acceptors (Lipinski definition) is 4. The Labute approximate surface area is 174 Å². The molecule has 0 unspecified atom stereocenters. The van der Waals surface area contributed by atoms with Crippen molar-refractivity contribution in [3.63, 3.8) is 0 Å². The van der Waals surface area contributed by atoms with Crippen LogP contribution in [0.3, 0.4) is 0 Å². The van der Waals surface area contributed by atoms with Crippen molar-refractivity contribution in [2.24, 2.45) is 4.99 Å². The van der Waals surface area contributed by atoms with Gasteiger partial charge in [-0.3, -0.25) is 4.99 Å². The Bertz CT molecular complexity index is 1120. The van der Waals surface area contributed by atoms with Gasteiger partial charge in [-0.15, -0.1) is 0 Å². The lowest BCUT2D eigenvalue weighted by Gasteiger charge is -2.11. The minimum atomic E-state index is -4.04. The number of aryl methyl sites for hydroxylation is 2. The molecule has 144 valence electrons. The van der Waals surface area contributed by atoms with Gasteiger partial charge in [-0.2, -0.15) is 8.42 Å². The molecule has 7 heteroatoms. The van der Waals surface area contributed by atoms with Gasteiger partial charge in [0.2, 0.25) is 0 Å². The minimum Gasteiger partial charge on any atom is -0.376 e. The minimum absolute atomic E-state index is 0.0162. The van der Waals surface area contributed by atoms with Gasteiger partial charge in [-0.25, -0.2) is 0 Å². The average molecular weight is 434 g/mol. The molecule has 0 saturated carbocycles. The van der Waals surface area contributed by atoms with E-state index in [1.165, 1.54) is 17.7 Å². The fourth-order valence-corrected chi connectivity index (χ4v) is 4.09. The normalized spacial score (nSPS) is 11.7. The van der Waals surface area contributed by atoms with Gasteiger partial charge in [0, 0.05) is 6.21 Å². The summed E-state index contributed by atoms with van der Waals surface area (Å²) in [6.45, 7) is 4.05. The zero-order chi connectivity index (χ0) is 20.3. The van der Waals surface area contributed by atoms with Gasteiger partial charge in [0.25, 0.3) is 0 Å². The van der Waals surface area contributed by atoms with Crippen molar-refractivity contribution in [3.8, 4) is 5.75 Å². The summed E-state index contributed by atoms with van der Waals surface area (Å²) in [5.41, 5.74) is 3.74. The molecule has 0 fully saturated rings. The van der Waals surface area contributed by atoms with Crippen molar-refractivity contribution in [3.05, 3.63) is 87.4 Å². The molecule has 0 saturated heterocycles. The summed E-state index contributed by atoms with van der Waals surface area (Å²) < 4.78 is 30.0. The molecule has 3 aromatic carbocycles. The summed E-state index contributed by atoms with van der Waals surface area (Å²) in [7, 11) is -4.04. The molecule has 0 N–H and O–H groups in total. The number of hydrogen-bond donors (Lipinski definition) is 0. The second-order valence-corrected chi connectivity index (χ2v) is 8.55. The van der Waals surface area contributed by atoms with E-state index in [0.717, 1.165) is 11.3 Å². The van der Waals surface area contributed by atoms with Crippen LogP contribution in [0.25, 0.3) is 0 Å². The second kappa shape index (κ2) is 8.35. The quantitative estimate of drug-likeness (QED) is 0.359. The van der Waals surface area contributed by atoms with Crippen molar-refractivity contribution in [2.45, 2.75) is 18.7 Å². The summed E-state index contributed by atoms with van der Waals surface area (Å²) in [5, 5.41) is 0.155. The topological polar surface area (TPSA) is 55.7 Å². The number of nitrogens with zero attached hydrogens (tertiary/aromatic N) is 1. The van der Waals surface area contributed by atoms with Crippen LogP contribution in [0.15, 0.2) is 70.6 Å². The number of aliphatic imine (C=N–C) groups is 1. The van der Waals surface area contributed by atoms with Gasteiger partial charge >= 0.3 is 10.1 Å². The van der Waals surface area contributed by atoms with Gasteiger partial charge in [0.1, 0.15) is 4.90 Å². The molecule has 0 aliphatic rings. The van der Waals surface area contributed by atoms with E-state index in [2.05, 4.69) is 4.99 Å². The molecule has 4 nitrogen and oxygen atoms in total. The number of halogens is 2. The maximum absolute atomic E-state index is 12.4.